The first-order chi connectivity index (χ1) is 10.7. The number of esters is 1. The Morgan fingerprint density at radius 2 is 1.77 bits per heavy atom. The van der Waals surface area contributed by atoms with Crippen molar-refractivity contribution < 1.29 is 9.53 Å². The first kappa shape index (κ1) is 14.4. The van der Waals surface area contributed by atoms with E-state index in [1.54, 1.807) is 0 Å². The van der Waals surface area contributed by atoms with Gasteiger partial charge in [-0.15, -0.1) is 0 Å². The molecule has 0 unspecified atom stereocenters. The summed E-state index contributed by atoms with van der Waals surface area (Å²) in [7, 11) is 1.43. The third kappa shape index (κ3) is 2.89. The van der Waals surface area contributed by atoms with Gasteiger partial charge in [0, 0.05) is 12.2 Å². The number of methoxy groups -OCH3 is 1. The van der Waals surface area contributed by atoms with Crippen molar-refractivity contribution in [2.24, 2.45) is 0 Å². The fourth-order valence-electron chi connectivity index (χ4n) is 2.71. The van der Waals surface area contributed by atoms with Crippen LogP contribution in [0.1, 0.15) is 16.7 Å². The predicted octanol–water partition coefficient (Wildman–Crippen LogP) is 3.57. The topological polar surface area (TPSA) is 29.5 Å². The molecule has 0 saturated carbocycles. The lowest BCUT2D eigenvalue weighted by molar-refractivity contribution is -0.136. The highest BCUT2D eigenvalue weighted by atomic mass is 16.5. The van der Waals surface area contributed by atoms with E-state index in [1.165, 1.54) is 18.2 Å². The number of fused-ring (bicyclic) bond motifs is 1. The highest BCUT2D eigenvalue weighted by molar-refractivity contribution is 5.95. The second-order valence-electron chi connectivity index (χ2n) is 5.55. The smallest absolute Gasteiger partial charge is 0.335 e. The van der Waals surface area contributed by atoms with Crippen molar-refractivity contribution in [3.8, 4) is 0 Å². The van der Waals surface area contributed by atoms with Crippen LogP contribution in [-0.2, 0) is 16.1 Å². The van der Waals surface area contributed by atoms with Gasteiger partial charge in [0.15, 0.2) is 0 Å². The van der Waals surface area contributed by atoms with Crippen molar-refractivity contribution in [3.63, 3.8) is 0 Å². The van der Waals surface area contributed by atoms with E-state index in [1.807, 2.05) is 24.3 Å². The van der Waals surface area contributed by atoms with Gasteiger partial charge < -0.3 is 9.64 Å². The quantitative estimate of drug-likeness (QED) is 0.793. The van der Waals surface area contributed by atoms with E-state index in [-0.39, 0.29) is 5.97 Å². The van der Waals surface area contributed by atoms with Crippen molar-refractivity contribution in [1.82, 2.24) is 0 Å². The summed E-state index contributed by atoms with van der Waals surface area (Å²) in [5.74, 6) is -0.270. The lowest BCUT2D eigenvalue weighted by Gasteiger charge is -2.24. The van der Waals surface area contributed by atoms with Crippen molar-refractivity contribution in [2.45, 2.75) is 13.5 Å². The molecule has 112 valence electrons. The summed E-state index contributed by atoms with van der Waals surface area (Å²) >= 11 is 0. The summed E-state index contributed by atoms with van der Waals surface area (Å²) < 4.78 is 4.93. The minimum absolute atomic E-state index is 0.270. The first-order valence-corrected chi connectivity index (χ1v) is 7.36. The number of rotatable bonds is 2. The highest BCUT2D eigenvalue weighted by Crippen LogP contribution is 2.26. The average molecular weight is 293 g/mol. The van der Waals surface area contributed by atoms with Gasteiger partial charge in [-0.2, -0.15) is 0 Å². The molecule has 0 N–H and O–H groups in total. The third-order valence-electron chi connectivity index (χ3n) is 3.95. The lowest BCUT2D eigenvalue weighted by atomic mass is 10.1. The molecule has 0 fully saturated rings. The second-order valence-corrected chi connectivity index (χ2v) is 5.55. The van der Waals surface area contributed by atoms with Crippen LogP contribution in [0, 0.1) is 6.92 Å². The number of anilines is 1. The molecule has 2 aromatic carbocycles. The molecule has 0 aromatic heterocycles. The van der Waals surface area contributed by atoms with Crippen LogP contribution in [0.4, 0.5) is 5.69 Å². The summed E-state index contributed by atoms with van der Waals surface area (Å²) in [6, 6.07) is 16.5. The van der Waals surface area contributed by atoms with Crippen LogP contribution < -0.4 is 4.90 Å². The molecular weight excluding hydrogens is 274 g/mol. The number of ether oxygens (including phenoxy) is 1. The van der Waals surface area contributed by atoms with Crippen LogP contribution in [-0.4, -0.2) is 19.6 Å². The molecule has 0 amide bonds. The molecule has 0 spiro atoms. The maximum atomic E-state index is 12.0. The van der Waals surface area contributed by atoms with E-state index < -0.39 is 0 Å². The minimum Gasteiger partial charge on any atom is -0.466 e. The summed E-state index contributed by atoms with van der Waals surface area (Å²) in [6.07, 6.45) is 1.94. The Morgan fingerprint density at radius 1 is 1.05 bits per heavy atom. The van der Waals surface area contributed by atoms with Gasteiger partial charge in [0.1, 0.15) is 0 Å². The van der Waals surface area contributed by atoms with E-state index >= 15 is 0 Å². The predicted molar refractivity (Wildman–Crippen MR) is 88.7 cm³/mol. The maximum absolute atomic E-state index is 12.0. The molecule has 1 aliphatic rings. The van der Waals surface area contributed by atoms with E-state index in [2.05, 4.69) is 42.2 Å². The minimum atomic E-state index is -0.270. The van der Waals surface area contributed by atoms with Gasteiger partial charge in [-0.1, -0.05) is 42.0 Å². The molecule has 0 aliphatic carbocycles. The molecule has 2 aromatic rings. The Morgan fingerprint density at radius 3 is 2.50 bits per heavy atom. The summed E-state index contributed by atoms with van der Waals surface area (Å²) in [5.41, 5.74) is 5.30. The molecule has 3 nitrogen and oxygen atoms in total. The number of nitrogens with zero attached hydrogens (tertiary/aromatic N) is 1. The molecule has 1 aliphatic heterocycles. The fraction of sp³-hybridized carbons (Fsp3) is 0.211. The molecule has 0 atom stereocenters. The number of carbonyl (C=O) groups excluding carboxylic acids is 1. The van der Waals surface area contributed by atoms with E-state index in [4.69, 9.17) is 4.74 Å². The van der Waals surface area contributed by atoms with Gasteiger partial charge in [-0.25, -0.2) is 4.79 Å². The van der Waals surface area contributed by atoms with Gasteiger partial charge >= 0.3 is 5.97 Å². The summed E-state index contributed by atoms with van der Waals surface area (Å²) in [6.45, 7) is 3.39. The van der Waals surface area contributed by atoms with Crippen molar-refractivity contribution in [2.75, 3.05) is 18.6 Å². The number of benzene rings is 2. The monoisotopic (exact) mass is 293 g/mol. The van der Waals surface area contributed by atoms with Crippen LogP contribution in [0.25, 0.3) is 6.08 Å². The standard InChI is InChI=1S/C19H19NO2/c1-14-7-9-18(10-8-14)20-12-16-6-4-3-5-15(16)11-17(13-20)19(21)22-2/h3-11H,12-13H2,1-2H3. The SMILES string of the molecule is COC(=O)C1=Cc2ccccc2CN(c2ccc(C)cc2)C1. The number of hydrogen-bond acceptors (Lipinski definition) is 3. The third-order valence-corrected chi connectivity index (χ3v) is 3.95. The molecule has 0 radical (unpaired) electrons. The number of carbonyl (C=O) groups is 1. The zero-order valence-corrected chi connectivity index (χ0v) is 12.9. The van der Waals surface area contributed by atoms with Crippen LogP contribution in [0.15, 0.2) is 54.1 Å². The Labute approximate surface area is 130 Å². The van der Waals surface area contributed by atoms with Crippen LogP contribution >= 0.6 is 0 Å². The lowest BCUT2D eigenvalue weighted by Crippen LogP contribution is -2.26. The second kappa shape index (κ2) is 6.06. The highest BCUT2D eigenvalue weighted by Gasteiger charge is 2.20. The number of aryl methyl sites for hydroxylation is 1. The van der Waals surface area contributed by atoms with Crippen molar-refractivity contribution in [1.29, 1.82) is 0 Å². The molecule has 0 bridgehead atoms. The normalized spacial score (nSPS) is 13.9. The molecule has 3 rings (SSSR count). The van der Waals surface area contributed by atoms with Crippen LogP contribution in [0.3, 0.4) is 0 Å². The van der Waals surface area contributed by atoms with Crippen LogP contribution in [0.2, 0.25) is 0 Å². The molecular formula is C19H19NO2. The average Bonchev–Trinajstić information content (AvgIpc) is 2.74. The fourth-order valence-corrected chi connectivity index (χ4v) is 2.71. The molecule has 3 heteroatoms. The zero-order chi connectivity index (χ0) is 15.5. The Kier molecular flexibility index (Phi) is 3.96. The van der Waals surface area contributed by atoms with Gasteiger partial charge in [-0.05, 0) is 36.3 Å². The Hall–Kier alpha value is -2.55. The van der Waals surface area contributed by atoms with Gasteiger partial charge in [-0.3, -0.25) is 0 Å². The summed E-state index contributed by atoms with van der Waals surface area (Å²) in [5, 5.41) is 0. The van der Waals surface area contributed by atoms with E-state index in [9.17, 15) is 4.79 Å². The van der Waals surface area contributed by atoms with Crippen molar-refractivity contribution in [3.05, 3.63) is 70.8 Å². The first-order valence-electron chi connectivity index (χ1n) is 7.36. The van der Waals surface area contributed by atoms with Gasteiger partial charge in [0.25, 0.3) is 0 Å². The van der Waals surface area contributed by atoms with Gasteiger partial charge in [0.2, 0.25) is 0 Å². The number of hydrogen-bond donors (Lipinski definition) is 0. The van der Waals surface area contributed by atoms with E-state index in [0.29, 0.717) is 12.1 Å². The summed E-state index contributed by atoms with van der Waals surface area (Å²) in [4.78, 5) is 14.2. The molecule has 0 saturated heterocycles. The van der Waals surface area contributed by atoms with Crippen LogP contribution in [0.5, 0.6) is 0 Å². The van der Waals surface area contributed by atoms with E-state index in [0.717, 1.165) is 17.8 Å². The zero-order valence-electron chi connectivity index (χ0n) is 12.9. The van der Waals surface area contributed by atoms with Crippen molar-refractivity contribution >= 4 is 17.7 Å². The molecule has 22 heavy (non-hydrogen) atoms. The Bertz CT molecular complexity index is 716. The van der Waals surface area contributed by atoms with Gasteiger partial charge in [0.05, 0.1) is 19.2 Å². The molecule has 1 heterocycles. The largest absolute Gasteiger partial charge is 0.466 e. The maximum Gasteiger partial charge on any atom is 0.335 e. The Balaban J connectivity index is 2.02.